The summed E-state index contributed by atoms with van der Waals surface area (Å²) in [4.78, 5) is 20.5. The van der Waals surface area contributed by atoms with Crippen LogP contribution in [0.1, 0.15) is 30.5 Å². The van der Waals surface area contributed by atoms with Gasteiger partial charge in [0.05, 0.1) is 12.6 Å². The zero-order chi connectivity index (χ0) is 21.6. The van der Waals surface area contributed by atoms with Crippen molar-refractivity contribution < 1.29 is 4.79 Å². The second-order valence-electron chi connectivity index (χ2n) is 8.13. The Hall–Kier alpha value is -2.47. The molecular formula is C25H29ClN4O. The molecule has 2 aliphatic heterocycles. The Morgan fingerprint density at radius 3 is 2.48 bits per heavy atom. The number of carbonyl (C=O) groups excluding carboxylic acids is 1. The van der Waals surface area contributed by atoms with Crippen LogP contribution in [0.3, 0.4) is 0 Å². The van der Waals surface area contributed by atoms with E-state index >= 15 is 0 Å². The van der Waals surface area contributed by atoms with Crippen LogP contribution in [0.15, 0.2) is 65.7 Å². The van der Waals surface area contributed by atoms with Crippen LogP contribution < -0.4 is 10.6 Å². The highest BCUT2D eigenvalue weighted by Crippen LogP contribution is 2.24. The molecule has 0 spiro atoms. The van der Waals surface area contributed by atoms with Gasteiger partial charge in [0, 0.05) is 37.2 Å². The average molecular weight is 437 g/mol. The van der Waals surface area contributed by atoms with Gasteiger partial charge in [0.15, 0.2) is 0 Å². The Balaban J connectivity index is 1.73. The molecule has 1 amide bonds. The summed E-state index contributed by atoms with van der Waals surface area (Å²) in [7, 11) is 0. The molecule has 162 valence electrons. The maximum absolute atomic E-state index is 13.6. The first-order valence-corrected chi connectivity index (χ1v) is 11.3. The van der Waals surface area contributed by atoms with Crippen molar-refractivity contribution in [3.63, 3.8) is 0 Å². The molecule has 4 rings (SSSR count). The van der Waals surface area contributed by atoms with E-state index in [9.17, 15) is 4.79 Å². The van der Waals surface area contributed by atoms with E-state index in [2.05, 4.69) is 35.8 Å². The minimum absolute atomic E-state index is 0.00969. The molecule has 2 atom stereocenters. The second kappa shape index (κ2) is 10.2. The van der Waals surface area contributed by atoms with Crippen molar-refractivity contribution >= 4 is 28.8 Å². The minimum atomic E-state index is -0.279. The largest absolute Gasteiger partial charge is 0.335 e. The predicted octanol–water partition coefficient (Wildman–Crippen LogP) is 3.72. The summed E-state index contributed by atoms with van der Waals surface area (Å²) < 4.78 is 0. The van der Waals surface area contributed by atoms with E-state index in [-0.39, 0.29) is 18.0 Å². The maximum atomic E-state index is 13.6. The first-order chi connectivity index (χ1) is 15.1. The first kappa shape index (κ1) is 21.8. The lowest BCUT2D eigenvalue weighted by molar-refractivity contribution is -0.124. The molecule has 1 saturated heterocycles. The Bertz CT molecular complexity index is 949. The number of nitrogens with zero attached hydrogens (tertiary/aromatic N) is 2. The van der Waals surface area contributed by atoms with Crippen molar-refractivity contribution in [1.29, 1.82) is 0 Å². The van der Waals surface area contributed by atoms with Gasteiger partial charge in [0.1, 0.15) is 5.71 Å². The number of nitrogens with one attached hydrogen (secondary N) is 2. The van der Waals surface area contributed by atoms with Crippen molar-refractivity contribution in [2.75, 3.05) is 32.7 Å². The lowest BCUT2D eigenvalue weighted by Gasteiger charge is -2.31. The number of rotatable bonds is 3. The third-order valence-electron chi connectivity index (χ3n) is 5.83. The van der Waals surface area contributed by atoms with Gasteiger partial charge in [-0.25, -0.2) is 0 Å². The number of carbonyl (C=O) groups is 1. The van der Waals surface area contributed by atoms with E-state index in [4.69, 9.17) is 16.6 Å². The number of amides is 1. The van der Waals surface area contributed by atoms with Crippen LogP contribution in [0.5, 0.6) is 0 Å². The normalized spacial score (nSPS) is 24.3. The van der Waals surface area contributed by atoms with Gasteiger partial charge in [-0.3, -0.25) is 9.79 Å². The van der Waals surface area contributed by atoms with Crippen LogP contribution in [0.2, 0.25) is 5.02 Å². The lowest BCUT2D eigenvalue weighted by Crippen LogP contribution is -2.51. The van der Waals surface area contributed by atoms with E-state index in [0.717, 1.165) is 36.2 Å². The molecule has 0 aromatic heterocycles. The van der Waals surface area contributed by atoms with E-state index in [0.29, 0.717) is 30.4 Å². The topological polar surface area (TPSA) is 56.7 Å². The first-order valence-electron chi connectivity index (χ1n) is 10.9. The summed E-state index contributed by atoms with van der Waals surface area (Å²) in [5.74, 6) is 0.00969. The molecule has 2 aromatic rings. The van der Waals surface area contributed by atoms with Gasteiger partial charge in [-0.2, -0.15) is 0 Å². The van der Waals surface area contributed by atoms with E-state index in [1.165, 1.54) is 0 Å². The summed E-state index contributed by atoms with van der Waals surface area (Å²) in [5.41, 5.74) is 3.87. The Labute approximate surface area is 189 Å². The Morgan fingerprint density at radius 1 is 1.06 bits per heavy atom. The maximum Gasteiger partial charge on any atom is 0.269 e. The highest BCUT2D eigenvalue weighted by atomic mass is 35.5. The van der Waals surface area contributed by atoms with Gasteiger partial charge in [0.2, 0.25) is 0 Å². The van der Waals surface area contributed by atoms with Crippen molar-refractivity contribution in [2.45, 2.75) is 25.4 Å². The molecule has 1 fully saturated rings. The molecule has 5 nitrogen and oxygen atoms in total. The molecule has 2 aromatic carbocycles. The van der Waals surface area contributed by atoms with Gasteiger partial charge in [-0.15, -0.1) is 0 Å². The highest BCUT2D eigenvalue weighted by Gasteiger charge is 2.30. The highest BCUT2D eigenvalue weighted by molar-refractivity contribution is 6.41. The molecule has 2 N–H and O–H groups in total. The molecule has 2 unspecified atom stereocenters. The average Bonchev–Trinajstić information content (AvgIpc) is 2.89. The summed E-state index contributed by atoms with van der Waals surface area (Å²) in [5, 5.41) is 7.65. The Kier molecular flexibility index (Phi) is 7.17. The second-order valence-corrected chi connectivity index (χ2v) is 8.56. The number of hydrogen-bond donors (Lipinski definition) is 2. The van der Waals surface area contributed by atoms with E-state index < -0.39 is 0 Å². The van der Waals surface area contributed by atoms with E-state index in [1.807, 2.05) is 47.4 Å². The molecule has 2 aliphatic rings. The molecule has 0 bridgehead atoms. The van der Waals surface area contributed by atoms with Crippen LogP contribution >= 0.6 is 11.6 Å². The summed E-state index contributed by atoms with van der Waals surface area (Å²) in [6, 6.07) is 17.9. The number of aliphatic imine (C=N–C) groups is 1. The van der Waals surface area contributed by atoms with Crippen LogP contribution in [0, 0.1) is 0 Å². The molecule has 0 saturated carbocycles. The molecule has 0 radical (unpaired) electrons. The van der Waals surface area contributed by atoms with Crippen LogP contribution in [0.25, 0.3) is 5.57 Å². The number of hydrogen-bond acceptors (Lipinski definition) is 4. The van der Waals surface area contributed by atoms with E-state index in [1.54, 1.807) is 0 Å². The molecular weight excluding hydrogens is 408 g/mol. The van der Waals surface area contributed by atoms with Crippen LogP contribution in [-0.2, 0) is 4.79 Å². The predicted molar refractivity (Wildman–Crippen MR) is 128 cm³/mol. The molecule has 31 heavy (non-hydrogen) atoms. The summed E-state index contributed by atoms with van der Waals surface area (Å²) in [6.07, 6.45) is 3.10. The SMILES string of the molecule is CC1C/C=C(/c2ccccc2)CN=C(C(=O)N2CCNCC2)C(c2ccc(Cl)cc2)N1. The molecule has 6 heteroatoms. The lowest BCUT2D eigenvalue weighted by atomic mass is 9.99. The number of benzene rings is 2. The number of halogens is 1. The van der Waals surface area contributed by atoms with Gasteiger partial charge in [-0.05, 0) is 42.2 Å². The van der Waals surface area contributed by atoms with Gasteiger partial charge in [0.25, 0.3) is 5.91 Å². The fraction of sp³-hybridized carbons (Fsp3) is 0.360. The molecule has 0 aliphatic carbocycles. The fourth-order valence-electron chi connectivity index (χ4n) is 4.07. The fourth-order valence-corrected chi connectivity index (χ4v) is 4.19. The van der Waals surface area contributed by atoms with Gasteiger partial charge in [-0.1, -0.05) is 60.1 Å². The van der Waals surface area contributed by atoms with Crippen LogP contribution in [-0.4, -0.2) is 55.3 Å². The minimum Gasteiger partial charge on any atom is -0.335 e. The quantitative estimate of drug-likeness (QED) is 0.771. The standard InChI is InChI=1S/C25H29ClN4O/c1-18-7-8-21(19-5-3-2-4-6-19)17-28-24(25(31)30-15-13-27-14-16-30)23(29-18)20-9-11-22(26)12-10-20/h2-6,8-12,18,23,27,29H,7,13-17H2,1H3/b21-8+,28-24?. The van der Waals surface area contributed by atoms with Crippen molar-refractivity contribution in [3.05, 3.63) is 76.8 Å². The summed E-state index contributed by atoms with van der Waals surface area (Å²) >= 11 is 6.13. The van der Waals surface area contributed by atoms with Crippen molar-refractivity contribution in [1.82, 2.24) is 15.5 Å². The zero-order valence-corrected chi connectivity index (χ0v) is 18.6. The van der Waals surface area contributed by atoms with Gasteiger partial charge >= 0.3 is 0 Å². The van der Waals surface area contributed by atoms with Crippen molar-refractivity contribution in [3.8, 4) is 0 Å². The number of piperazine rings is 1. The van der Waals surface area contributed by atoms with Gasteiger partial charge < -0.3 is 15.5 Å². The van der Waals surface area contributed by atoms with Crippen LogP contribution in [0.4, 0.5) is 0 Å². The molecule has 2 heterocycles. The van der Waals surface area contributed by atoms with Crippen molar-refractivity contribution in [2.24, 2.45) is 4.99 Å². The third-order valence-corrected chi connectivity index (χ3v) is 6.09. The zero-order valence-electron chi connectivity index (χ0n) is 17.9. The third kappa shape index (κ3) is 5.42. The summed E-state index contributed by atoms with van der Waals surface area (Å²) in [6.45, 7) is 5.65. The smallest absolute Gasteiger partial charge is 0.269 e. The monoisotopic (exact) mass is 436 g/mol. The Morgan fingerprint density at radius 2 is 1.77 bits per heavy atom.